The molecule has 0 aromatic rings. The quantitative estimate of drug-likeness (QED) is 0.454. The number of esters is 1. The van der Waals surface area contributed by atoms with Crippen molar-refractivity contribution in [1.82, 2.24) is 10.2 Å². The van der Waals surface area contributed by atoms with Crippen molar-refractivity contribution in [2.75, 3.05) is 47.5 Å². The van der Waals surface area contributed by atoms with E-state index < -0.39 is 5.54 Å². The van der Waals surface area contributed by atoms with Crippen LogP contribution in [0.5, 0.6) is 0 Å². The van der Waals surface area contributed by atoms with Crippen molar-refractivity contribution in [3.8, 4) is 0 Å². The number of carbonyl (C=O) groups is 1. The molecule has 0 rings (SSSR count). The van der Waals surface area contributed by atoms with E-state index in [1.807, 2.05) is 13.8 Å². The number of nitrogens with one attached hydrogen (secondary N) is 1. The minimum absolute atomic E-state index is 0.167. The van der Waals surface area contributed by atoms with E-state index in [2.05, 4.69) is 17.3 Å². The molecule has 0 aliphatic rings. The van der Waals surface area contributed by atoms with Crippen LogP contribution in [0.2, 0.25) is 0 Å². The maximum absolute atomic E-state index is 11.9. The van der Waals surface area contributed by atoms with Gasteiger partial charge in [0.2, 0.25) is 0 Å². The Bertz CT molecular complexity index is 249. The fraction of sp³-hybridized carbons (Fsp3) is 0.929. The summed E-state index contributed by atoms with van der Waals surface area (Å²) in [5.74, 6) is -0.167. The predicted octanol–water partition coefficient (Wildman–Crippen LogP) is 1.28. The first-order valence-corrected chi connectivity index (χ1v) is 7.03. The molecule has 0 fully saturated rings. The second kappa shape index (κ2) is 10.2. The van der Waals surface area contributed by atoms with Gasteiger partial charge >= 0.3 is 5.97 Å². The monoisotopic (exact) mass is 274 g/mol. The summed E-state index contributed by atoms with van der Waals surface area (Å²) in [4.78, 5) is 14.1. The van der Waals surface area contributed by atoms with E-state index in [4.69, 9.17) is 9.47 Å². The van der Waals surface area contributed by atoms with Crippen LogP contribution >= 0.6 is 0 Å². The zero-order valence-electron chi connectivity index (χ0n) is 13.1. The highest BCUT2D eigenvalue weighted by Gasteiger charge is 2.32. The molecule has 5 nitrogen and oxygen atoms in total. The number of methoxy groups -OCH3 is 1. The van der Waals surface area contributed by atoms with E-state index >= 15 is 0 Å². The van der Waals surface area contributed by atoms with Gasteiger partial charge < -0.3 is 19.7 Å². The number of hydrogen-bond acceptors (Lipinski definition) is 5. The molecule has 0 heterocycles. The Kier molecular flexibility index (Phi) is 9.83. The summed E-state index contributed by atoms with van der Waals surface area (Å²) in [7, 11) is 5.62. The van der Waals surface area contributed by atoms with Gasteiger partial charge in [-0.1, -0.05) is 0 Å². The normalized spacial score (nSPS) is 14.4. The van der Waals surface area contributed by atoms with Crippen LogP contribution in [0.4, 0.5) is 0 Å². The van der Waals surface area contributed by atoms with Crippen molar-refractivity contribution < 1.29 is 14.3 Å². The van der Waals surface area contributed by atoms with Gasteiger partial charge in [-0.15, -0.1) is 0 Å². The maximum Gasteiger partial charge on any atom is 0.326 e. The van der Waals surface area contributed by atoms with Crippen molar-refractivity contribution in [2.24, 2.45) is 0 Å². The molecule has 0 bridgehead atoms. The van der Waals surface area contributed by atoms with Gasteiger partial charge in [-0.25, -0.2) is 0 Å². The van der Waals surface area contributed by atoms with Crippen LogP contribution in [0.25, 0.3) is 0 Å². The summed E-state index contributed by atoms with van der Waals surface area (Å²) in [5, 5.41) is 3.08. The number of hydrogen-bond donors (Lipinski definition) is 1. The second-order valence-corrected chi connectivity index (χ2v) is 5.06. The minimum atomic E-state index is -0.580. The summed E-state index contributed by atoms with van der Waals surface area (Å²) in [6, 6.07) is 0. The Morgan fingerprint density at radius 3 is 2.47 bits per heavy atom. The fourth-order valence-corrected chi connectivity index (χ4v) is 1.91. The van der Waals surface area contributed by atoms with Crippen molar-refractivity contribution in [3.05, 3.63) is 0 Å². The molecule has 0 aliphatic carbocycles. The highest BCUT2D eigenvalue weighted by Crippen LogP contribution is 2.14. The molecule has 114 valence electrons. The SMILES string of the molecule is CCOC(=O)C(C)(CCCN(C)CCCOC)NC. The van der Waals surface area contributed by atoms with Gasteiger partial charge in [-0.3, -0.25) is 4.79 Å². The highest BCUT2D eigenvalue weighted by molar-refractivity contribution is 5.80. The van der Waals surface area contributed by atoms with Crippen LogP contribution in [0.1, 0.15) is 33.1 Å². The molecule has 0 amide bonds. The number of nitrogens with zero attached hydrogens (tertiary/aromatic N) is 1. The first-order valence-electron chi connectivity index (χ1n) is 7.03. The van der Waals surface area contributed by atoms with Crippen LogP contribution in [0.15, 0.2) is 0 Å². The fourth-order valence-electron chi connectivity index (χ4n) is 1.91. The summed E-state index contributed by atoms with van der Waals surface area (Å²) < 4.78 is 10.1. The van der Waals surface area contributed by atoms with Gasteiger partial charge in [-0.05, 0) is 53.8 Å². The van der Waals surface area contributed by atoms with Crippen LogP contribution < -0.4 is 5.32 Å². The highest BCUT2D eigenvalue weighted by atomic mass is 16.5. The number of carbonyl (C=O) groups excluding carboxylic acids is 1. The van der Waals surface area contributed by atoms with E-state index in [0.29, 0.717) is 6.61 Å². The Morgan fingerprint density at radius 1 is 1.32 bits per heavy atom. The zero-order chi connectivity index (χ0) is 14.7. The molecule has 0 aromatic heterocycles. The lowest BCUT2D eigenvalue weighted by Crippen LogP contribution is -2.49. The molecule has 0 saturated heterocycles. The van der Waals surface area contributed by atoms with Crippen LogP contribution in [-0.4, -0.2) is 63.9 Å². The molecule has 1 unspecified atom stereocenters. The Labute approximate surface area is 117 Å². The third kappa shape index (κ3) is 7.50. The molecule has 0 saturated carbocycles. The van der Waals surface area contributed by atoms with Crippen molar-refractivity contribution in [1.29, 1.82) is 0 Å². The van der Waals surface area contributed by atoms with Crippen molar-refractivity contribution >= 4 is 5.97 Å². The average Bonchev–Trinajstić information content (AvgIpc) is 2.39. The molecule has 19 heavy (non-hydrogen) atoms. The third-order valence-corrected chi connectivity index (χ3v) is 3.38. The summed E-state index contributed by atoms with van der Waals surface area (Å²) >= 11 is 0. The standard InChI is InChI=1S/C14H30N2O3/c1-6-19-13(17)14(2,15-3)9-7-10-16(4)11-8-12-18-5/h15H,6-12H2,1-5H3. The third-order valence-electron chi connectivity index (χ3n) is 3.38. The van der Waals surface area contributed by atoms with Crippen LogP contribution in [0, 0.1) is 0 Å². The molecule has 5 heteroatoms. The first kappa shape index (κ1) is 18.4. The molecule has 1 N–H and O–H groups in total. The molecule has 0 aliphatic heterocycles. The Balaban J connectivity index is 3.97. The molecule has 0 spiro atoms. The summed E-state index contributed by atoms with van der Waals surface area (Å²) in [6.07, 6.45) is 2.77. The van der Waals surface area contributed by atoms with Crippen molar-refractivity contribution in [2.45, 2.75) is 38.6 Å². The summed E-state index contributed by atoms with van der Waals surface area (Å²) in [6.45, 7) is 6.94. The van der Waals surface area contributed by atoms with Crippen LogP contribution in [0.3, 0.4) is 0 Å². The second-order valence-electron chi connectivity index (χ2n) is 5.06. The molecular formula is C14H30N2O3. The summed E-state index contributed by atoms with van der Waals surface area (Å²) in [5.41, 5.74) is -0.580. The van der Waals surface area contributed by atoms with Crippen LogP contribution in [-0.2, 0) is 14.3 Å². The average molecular weight is 274 g/mol. The van der Waals surface area contributed by atoms with Gasteiger partial charge in [0.15, 0.2) is 0 Å². The molecular weight excluding hydrogens is 244 g/mol. The minimum Gasteiger partial charge on any atom is -0.465 e. The van der Waals surface area contributed by atoms with E-state index in [1.54, 1.807) is 14.2 Å². The Hall–Kier alpha value is -0.650. The lowest BCUT2D eigenvalue weighted by atomic mass is 9.96. The lowest BCUT2D eigenvalue weighted by Gasteiger charge is -2.27. The van der Waals surface area contributed by atoms with E-state index in [1.165, 1.54) is 0 Å². The van der Waals surface area contributed by atoms with Gasteiger partial charge in [0.1, 0.15) is 5.54 Å². The number of likely N-dealkylation sites (N-methyl/N-ethyl adjacent to an activating group) is 1. The maximum atomic E-state index is 11.9. The predicted molar refractivity (Wildman–Crippen MR) is 77.3 cm³/mol. The number of rotatable bonds is 11. The van der Waals surface area contributed by atoms with E-state index in [-0.39, 0.29) is 5.97 Å². The smallest absolute Gasteiger partial charge is 0.326 e. The van der Waals surface area contributed by atoms with Gasteiger partial charge in [0.25, 0.3) is 0 Å². The van der Waals surface area contributed by atoms with E-state index in [0.717, 1.165) is 39.0 Å². The lowest BCUT2D eigenvalue weighted by molar-refractivity contribution is -0.150. The zero-order valence-corrected chi connectivity index (χ0v) is 13.1. The van der Waals surface area contributed by atoms with Gasteiger partial charge in [-0.2, -0.15) is 0 Å². The number of ether oxygens (including phenoxy) is 2. The molecule has 0 radical (unpaired) electrons. The Morgan fingerprint density at radius 2 is 1.95 bits per heavy atom. The molecule has 1 atom stereocenters. The van der Waals surface area contributed by atoms with Gasteiger partial charge in [0, 0.05) is 20.3 Å². The van der Waals surface area contributed by atoms with Crippen molar-refractivity contribution in [3.63, 3.8) is 0 Å². The van der Waals surface area contributed by atoms with E-state index in [9.17, 15) is 4.79 Å². The largest absolute Gasteiger partial charge is 0.465 e. The topological polar surface area (TPSA) is 50.8 Å². The molecule has 0 aromatic carbocycles. The first-order chi connectivity index (χ1) is 9.00. The van der Waals surface area contributed by atoms with Gasteiger partial charge in [0.05, 0.1) is 6.61 Å².